The number of phenolic OH excluding ortho intramolecular Hbond substituents is 2. The Balaban J connectivity index is 2.98. The Morgan fingerprint density at radius 3 is 1.84 bits per heavy atom. The number of benzene rings is 1. The summed E-state index contributed by atoms with van der Waals surface area (Å²) in [5, 5.41) is 28.6. The Morgan fingerprint density at radius 2 is 1.37 bits per heavy atom. The number of allylic oxidation sites excluding steroid dienone is 1. The van der Waals surface area contributed by atoms with Gasteiger partial charge in [0.15, 0.2) is 0 Å². The average Bonchev–Trinajstić information content (AvgIpc) is 2.38. The number of phenols is 2. The van der Waals surface area contributed by atoms with Crippen LogP contribution in [0.5, 0.6) is 11.5 Å². The summed E-state index contributed by atoms with van der Waals surface area (Å²) in [7, 11) is 0. The van der Waals surface area contributed by atoms with Crippen molar-refractivity contribution in [2.45, 2.75) is 0 Å². The Labute approximate surface area is 125 Å². The van der Waals surface area contributed by atoms with E-state index in [1.165, 1.54) is 0 Å². The summed E-state index contributed by atoms with van der Waals surface area (Å²) < 4.78 is 0. The van der Waals surface area contributed by atoms with E-state index in [1.54, 1.807) is 0 Å². The van der Waals surface area contributed by atoms with Gasteiger partial charge in [-0.25, -0.2) is 0 Å². The maximum Gasteiger partial charge on any atom is 0.238 e. The maximum absolute atomic E-state index is 11.9. The molecule has 8 heteroatoms. The molecular formula is C11H5BrCl2O5. The van der Waals surface area contributed by atoms with Crippen LogP contribution in [0.15, 0.2) is 5.57 Å². The summed E-state index contributed by atoms with van der Waals surface area (Å²) in [6.45, 7) is 0. The summed E-state index contributed by atoms with van der Waals surface area (Å²) in [6, 6.07) is 0. The summed E-state index contributed by atoms with van der Waals surface area (Å²) in [5.74, 6) is -4.11. The van der Waals surface area contributed by atoms with E-state index >= 15 is 0 Å². The van der Waals surface area contributed by atoms with E-state index in [4.69, 9.17) is 23.2 Å². The first-order valence-corrected chi connectivity index (χ1v) is 6.71. The summed E-state index contributed by atoms with van der Waals surface area (Å²) in [4.78, 5) is 23.6. The first-order chi connectivity index (χ1) is 8.82. The van der Waals surface area contributed by atoms with Crippen molar-refractivity contribution in [2.24, 2.45) is 0 Å². The second kappa shape index (κ2) is 4.70. The van der Waals surface area contributed by atoms with Gasteiger partial charge in [0, 0.05) is 5.33 Å². The lowest BCUT2D eigenvalue weighted by Gasteiger charge is -2.20. The summed E-state index contributed by atoms with van der Waals surface area (Å²) >= 11 is 14.3. The third-order valence-electron chi connectivity index (χ3n) is 2.70. The summed E-state index contributed by atoms with van der Waals surface area (Å²) in [5.41, 5.74) is -1.18. The molecule has 0 radical (unpaired) electrons. The molecule has 0 unspecified atom stereocenters. The van der Waals surface area contributed by atoms with Crippen LogP contribution in [0.3, 0.4) is 0 Å². The maximum atomic E-state index is 11.9. The fraction of sp³-hybridized carbons (Fsp3) is 0.0909. The van der Waals surface area contributed by atoms with Gasteiger partial charge in [-0.15, -0.1) is 0 Å². The van der Waals surface area contributed by atoms with Gasteiger partial charge < -0.3 is 15.3 Å². The highest BCUT2D eigenvalue weighted by atomic mass is 79.9. The molecule has 1 aliphatic rings. The van der Waals surface area contributed by atoms with Crippen LogP contribution in [0.25, 0.3) is 5.76 Å². The number of carbonyl (C=O) groups excluding carboxylic acids is 2. The van der Waals surface area contributed by atoms with Crippen LogP contribution in [0.2, 0.25) is 10.0 Å². The molecule has 19 heavy (non-hydrogen) atoms. The molecule has 0 saturated heterocycles. The lowest BCUT2D eigenvalue weighted by molar-refractivity contribution is -0.111. The van der Waals surface area contributed by atoms with Crippen molar-refractivity contribution in [3.05, 3.63) is 26.7 Å². The van der Waals surface area contributed by atoms with Crippen molar-refractivity contribution in [3.8, 4) is 11.5 Å². The molecule has 5 nitrogen and oxygen atoms in total. The number of fused-ring (bicyclic) bond motifs is 1. The standard InChI is InChI=1S/C11H5BrCl2O5/c12-1-2-7(15)3-4(11(19)8(2)16)10(18)6(14)5(13)9(3)17/h15,17-18H,1H2. The first-order valence-electron chi connectivity index (χ1n) is 4.83. The SMILES string of the molecule is O=C1C(=O)c2c(O)c(Cl)c(Cl)c(O)c2C(O)=C1CBr. The first kappa shape index (κ1) is 14.2. The molecule has 0 saturated carbocycles. The van der Waals surface area contributed by atoms with Crippen LogP contribution < -0.4 is 0 Å². The van der Waals surface area contributed by atoms with Crippen LogP contribution in [-0.2, 0) is 4.79 Å². The van der Waals surface area contributed by atoms with Gasteiger partial charge in [0.1, 0.15) is 27.3 Å². The third kappa shape index (κ3) is 1.82. The van der Waals surface area contributed by atoms with Crippen molar-refractivity contribution >= 4 is 56.5 Å². The minimum Gasteiger partial charge on any atom is -0.507 e. The second-order valence-corrected chi connectivity index (χ2v) is 5.01. The average molecular weight is 368 g/mol. The van der Waals surface area contributed by atoms with Crippen LogP contribution >= 0.6 is 39.1 Å². The quantitative estimate of drug-likeness (QED) is 0.403. The minimum atomic E-state index is -1.08. The Morgan fingerprint density at radius 1 is 0.895 bits per heavy atom. The number of hydrogen-bond donors (Lipinski definition) is 3. The molecule has 0 amide bonds. The van der Waals surface area contributed by atoms with Gasteiger partial charge >= 0.3 is 0 Å². The number of alkyl halides is 1. The topological polar surface area (TPSA) is 94.8 Å². The van der Waals surface area contributed by atoms with Crippen molar-refractivity contribution in [2.75, 3.05) is 5.33 Å². The van der Waals surface area contributed by atoms with E-state index in [1.807, 2.05) is 0 Å². The number of hydrogen-bond acceptors (Lipinski definition) is 5. The highest BCUT2D eigenvalue weighted by molar-refractivity contribution is 9.09. The minimum absolute atomic E-state index is 0.0940. The van der Waals surface area contributed by atoms with Crippen LogP contribution in [-0.4, -0.2) is 32.2 Å². The van der Waals surface area contributed by atoms with E-state index in [9.17, 15) is 24.9 Å². The van der Waals surface area contributed by atoms with Crippen LogP contribution in [0.4, 0.5) is 0 Å². The molecule has 0 heterocycles. The van der Waals surface area contributed by atoms with Crippen molar-refractivity contribution in [1.82, 2.24) is 0 Å². The number of Topliss-reactive ketones (excluding diaryl/α,β-unsaturated/α-hetero) is 2. The van der Waals surface area contributed by atoms with E-state index in [2.05, 4.69) is 15.9 Å². The molecule has 0 aromatic heterocycles. The van der Waals surface area contributed by atoms with Gasteiger partial charge in [-0.1, -0.05) is 39.1 Å². The molecule has 0 spiro atoms. The van der Waals surface area contributed by atoms with Crippen molar-refractivity contribution < 1.29 is 24.9 Å². The summed E-state index contributed by atoms with van der Waals surface area (Å²) in [6.07, 6.45) is 0. The second-order valence-electron chi connectivity index (χ2n) is 3.69. The van der Waals surface area contributed by atoms with Crippen LogP contribution in [0, 0.1) is 0 Å². The van der Waals surface area contributed by atoms with Gasteiger partial charge in [0.25, 0.3) is 0 Å². The molecule has 0 atom stereocenters. The van der Waals surface area contributed by atoms with E-state index in [0.717, 1.165) is 0 Å². The number of aromatic hydroxyl groups is 2. The number of aliphatic hydroxyl groups excluding tert-OH is 1. The molecule has 1 aromatic rings. The molecule has 0 bridgehead atoms. The third-order valence-corrected chi connectivity index (χ3v) is 4.09. The lowest BCUT2D eigenvalue weighted by atomic mass is 9.88. The van der Waals surface area contributed by atoms with Gasteiger partial charge in [0.2, 0.25) is 11.6 Å². The Bertz CT molecular complexity index is 666. The normalized spacial score (nSPS) is 14.9. The fourth-order valence-corrected chi connectivity index (χ4v) is 2.64. The molecule has 2 rings (SSSR count). The zero-order valence-electron chi connectivity index (χ0n) is 9.00. The van der Waals surface area contributed by atoms with Crippen LogP contribution in [0.1, 0.15) is 15.9 Å². The number of rotatable bonds is 1. The molecule has 1 aromatic carbocycles. The van der Waals surface area contributed by atoms with Gasteiger partial charge in [0.05, 0.1) is 16.7 Å². The van der Waals surface area contributed by atoms with Gasteiger partial charge in [-0.05, 0) is 0 Å². The molecular weight excluding hydrogens is 363 g/mol. The van der Waals surface area contributed by atoms with Crippen molar-refractivity contribution in [1.29, 1.82) is 0 Å². The van der Waals surface area contributed by atoms with E-state index in [-0.39, 0.29) is 10.9 Å². The number of aliphatic hydroxyl groups is 1. The molecule has 0 aliphatic heterocycles. The predicted octanol–water partition coefficient (Wildman–Crippen LogP) is 2.83. The fourth-order valence-electron chi connectivity index (χ4n) is 1.75. The zero-order chi connectivity index (χ0) is 14.5. The smallest absolute Gasteiger partial charge is 0.238 e. The Hall–Kier alpha value is -1.24. The highest BCUT2D eigenvalue weighted by Gasteiger charge is 2.38. The number of halogens is 3. The van der Waals surface area contributed by atoms with Gasteiger partial charge in [-0.3, -0.25) is 9.59 Å². The highest BCUT2D eigenvalue weighted by Crippen LogP contribution is 2.48. The number of carbonyl (C=O) groups is 2. The molecule has 1 aliphatic carbocycles. The molecule has 100 valence electrons. The zero-order valence-corrected chi connectivity index (χ0v) is 12.1. The lowest BCUT2D eigenvalue weighted by Crippen LogP contribution is -2.25. The monoisotopic (exact) mass is 366 g/mol. The largest absolute Gasteiger partial charge is 0.507 e. The number of ketones is 2. The van der Waals surface area contributed by atoms with E-state index < -0.39 is 50.0 Å². The molecule has 0 fully saturated rings. The van der Waals surface area contributed by atoms with E-state index in [0.29, 0.717) is 0 Å². The molecule has 3 N–H and O–H groups in total. The van der Waals surface area contributed by atoms with Gasteiger partial charge in [-0.2, -0.15) is 0 Å². The van der Waals surface area contributed by atoms with Crippen molar-refractivity contribution in [3.63, 3.8) is 0 Å². The predicted molar refractivity (Wildman–Crippen MR) is 72.5 cm³/mol. The Kier molecular flexibility index (Phi) is 3.51.